The van der Waals surface area contributed by atoms with Crippen molar-refractivity contribution in [2.24, 2.45) is 0 Å². The number of thiophene rings is 1. The first-order valence-electron chi connectivity index (χ1n) is 7.92. The monoisotopic (exact) mass is 352 g/mol. The van der Waals surface area contributed by atoms with E-state index in [1.165, 1.54) is 0 Å². The van der Waals surface area contributed by atoms with Crippen LogP contribution in [0.1, 0.15) is 50.2 Å². The Bertz CT molecular complexity index is 629. The molecule has 2 unspecified atom stereocenters. The molecule has 24 heavy (non-hydrogen) atoms. The van der Waals surface area contributed by atoms with Crippen molar-refractivity contribution in [3.8, 4) is 0 Å². The average molecular weight is 352 g/mol. The summed E-state index contributed by atoms with van der Waals surface area (Å²) in [6.07, 6.45) is 0.836. The number of halogens is 1. The lowest BCUT2D eigenvalue weighted by Crippen LogP contribution is -2.52. The molecule has 1 fully saturated rings. The Morgan fingerprint density at radius 1 is 1.46 bits per heavy atom. The van der Waals surface area contributed by atoms with E-state index in [0.717, 1.165) is 17.4 Å². The van der Waals surface area contributed by atoms with E-state index in [-0.39, 0.29) is 27.8 Å². The minimum absolute atomic E-state index is 0.00488. The lowest BCUT2D eigenvalue weighted by molar-refractivity contribution is 0.00961. The van der Waals surface area contributed by atoms with Gasteiger partial charge in [-0.2, -0.15) is 0 Å². The minimum Gasteiger partial charge on any atom is -0.444 e. The number of nitrogens with one attached hydrogen (secondary N) is 1. The zero-order valence-electron chi connectivity index (χ0n) is 14.4. The van der Waals surface area contributed by atoms with Gasteiger partial charge in [0.05, 0.1) is 0 Å². The number of nitrogens with zero attached hydrogens (tertiary/aromatic N) is 1. The van der Waals surface area contributed by atoms with Gasteiger partial charge in [0, 0.05) is 18.6 Å². The van der Waals surface area contributed by atoms with Gasteiger partial charge in [-0.15, -0.1) is 11.3 Å². The second-order valence-electron chi connectivity index (χ2n) is 7.04. The van der Waals surface area contributed by atoms with Gasteiger partial charge < -0.3 is 15.0 Å². The molecule has 1 aliphatic rings. The van der Waals surface area contributed by atoms with Gasteiger partial charge in [-0.05, 0) is 51.4 Å². The fraction of sp³-hybridized carbons (Fsp3) is 0.625. The van der Waals surface area contributed by atoms with E-state index in [2.05, 4.69) is 5.32 Å². The number of carbonyl (C=O) groups excluding carboxylic acids is 2. The Balaban J connectivity index is 1.92. The number of carbonyl (C=O) groups is 2. The molecule has 1 aromatic heterocycles. The second kappa shape index (κ2) is 7.13. The number of likely N-dealkylation sites (tertiary alicyclic amines) is 1. The van der Waals surface area contributed by atoms with E-state index in [9.17, 15) is 14.0 Å². The summed E-state index contributed by atoms with van der Waals surface area (Å²) in [6.45, 7) is 7.86. The van der Waals surface area contributed by atoms with Crippen LogP contribution in [0.2, 0.25) is 0 Å². The Morgan fingerprint density at radius 3 is 2.62 bits per heavy atom. The third-order valence-corrected chi connectivity index (χ3v) is 4.69. The summed E-state index contributed by atoms with van der Waals surface area (Å²) in [4.78, 5) is 26.0. The summed E-state index contributed by atoms with van der Waals surface area (Å²) in [5, 5.41) is 2.82. The van der Waals surface area contributed by atoms with Gasteiger partial charge in [-0.25, -0.2) is 9.18 Å². The van der Waals surface area contributed by atoms with E-state index in [1.54, 1.807) is 4.90 Å². The second-order valence-corrected chi connectivity index (χ2v) is 8.13. The Labute approximate surface area is 147 Å². The van der Waals surface area contributed by atoms with Crippen LogP contribution >= 0.6 is 11.3 Å². The van der Waals surface area contributed by atoms with E-state index in [4.69, 9.17) is 12.6 Å². The van der Waals surface area contributed by atoms with Gasteiger partial charge in [0.2, 0.25) is 0 Å². The van der Waals surface area contributed by atoms with Crippen LogP contribution in [0.15, 0.2) is 6.07 Å². The molecule has 2 atom stereocenters. The van der Waals surface area contributed by atoms with E-state index in [1.807, 2.05) is 27.7 Å². The Kier molecular flexibility index (Phi) is 5.57. The zero-order valence-corrected chi connectivity index (χ0v) is 15.2. The standard InChI is InChI=1S/C16H22BFN2O3S/c1-9-7-10(5-6-20(9)15(22)23-16(2,3)4)19-14(21)13-11(18)8-12(17)24-13/h8-10H,5-7H2,1-4H3,(H,19,21). The van der Waals surface area contributed by atoms with Crippen LogP contribution in [0.3, 0.4) is 0 Å². The minimum atomic E-state index is -0.603. The normalized spacial score (nSPS) is 21.5. The molecule has 0 aromatic carbocycles. The van der Waals surface area contributed by atoms with Crippen molar-refractivity contribution >= 4 is 36.0 Å². The fourth-order valence-corrected chi connectivity index (χ4v) is 3.39. The number of rotatable bonds is 2. The van der Waals surface area contributed by atoms with Crippen molar-refractivity contribution in [1.29, 1.82) is 0 Å². The Hall–Kier alpha value is -1.57. The summed E-state index contributed by atoms with van der Waals surface area (Å²) >= 11 is 0.930. The lowest BCUT2D eigenvalue weighted by atomic mass is 9.98. The highest BCUT2D eigenvalue weighted by molar-refractivity contribution is 7.21. The lowest BCUT2D eigenvalue weighted by Gasteiger charge is -2.38. The quantitative estimate of drug-likeness (QED) is 0.831. The van der Waals surface area contributed by atoms with Gasteiger partial charge in [0.25, 0.3) is 5.91 Å². The molecule has 2 rings (SSSR count). The highest BCUT2D eigenvalue weighted by atomic mass is 32.1. The molecule has 1 saturated heterocycles. The number of ether oxygens (including phenoxy) is 1. The number of hydrogen-bond acceptors (Lipinski definition) is 4. The van der Waals surface area contributed by atoms with E-state index >= 15 is 0 Å². The van der Waals surface area contributed by atoms with Crippen LogP contribution in [-0.4, -0.2) is 49.0 Å². The molecular formula is C16H22BFN2O3S. The highest BCUT2D eigenvalue weighted by Gasteiger charge is 2.32. The van der Waals surface area contributed by atoms with Crippen LogP contribution in [0.4, 0.5) is 9.18 Å². The molecule has 0 saturated carbocycles. The van der Waals surface area contributed by atoms with Crippen molar-refractivity contribution in [1.82, 2.24) is 10.2 Å². The van der Waals surface area contributed by atoms with Crippen molar-refractivity contribution in [3.63, 3.8) is 0 Å². The summed E-state index contributed by atoms with van der Waals surface area (Å²) in [7, 11) is 5.51. The molecule has 8 heteroatoms. The van der Waals surface area contributed by atoms with Crippen molar-refractivity contribution < 1.29 is 18.7 Å². The molecule has 2 amide bonds. The average Bonchev–Trinajstić information content (AvgIpc) is 2.75. The van der Waals surface area contributed by atoms with E-state index < -0.39 is 17.3 Å². The largest absolute Gasteiger partial charge is 0.444 e. The fourth-order valence-electron chi connectivity index (χ4n) is 2.69. The molecule has 130 valence electrons. The Morgan fingerprint density at radius 2 is 2.12 bits per heavy atom. The molecule has 1 aromatic rings. The third-order valence-electron chi connectivity index (χ3n) is 3.75. The third kappa shape index (κ3) is 4.72. The SMILES string of the molecule is [B]c1cc(F)c(C(=O)NC2CCN(C(=O)OC(C)(C)C)C(C)C2)s1. The van der Waals surface area contributed by atoms with Crippen LogP contribution in [0, 0.1) is 5.82 Å². The first-order valence-corrected chi connectivity index (χ1v) is 8.74. The molecular weight excluding hydrogens is 330 g/mol. The van der Waals surface area contributed by atoms with E-state index in [0.29, 0.717) is 19.4 Å². The summed E-state index contributed by atoms with van der Waals surface area (Å²) in [5.41, 5.74) is -0.543. The van der Waals surface area contributed by atoms with Gasteiger partial charge >= 0.3 is 6.09 Å². The van der Waals surface area contributed by atoms with Crippen LogP contribution < -0.4 is 10.1 Å². The first-order chi connectivity index (χ1) is 11.1. The number of hydrogen-bond donors (Lipinski definition) is 1. The van der Waals surface area contributed by atoms with Crippen LogP contribution in [-0.2, 0) is 4.74 Å². The molecule has 0 spiro atoms. The smallest absolute Gasteiger partial charge is 0.410 e. The van der Waals surface area contributed by atoms with Crippen LogP contribution in [0.5, 0.6) is 0 Å². The summed E-state index contributed by atoms with van der Waals surface area (Å²) in [5.74, 6) is -1.06. The molecule has 2 heterocycles. The predicted molar refractivity (Wildman–Crippen MR) is 92.6 cm³/mol. The van der Waals surface area contributed by atoms with Crippen molar-refractivity contribution in [2.75, 3.05) is 6.54 Å². The van der Waals surface area contributed by atoms with Gasteiger partial charge in [0.1, 0.15) is 24.1 Å². The van der Waals surface area contributed by atoms with Gasteiger partial charge in [-0.3, -0.25) is 4.79 Å². The van der Waals surface area contributed by atoms with Gasteiger partial charge in [0.15, 0.2) is 0 Å². The molecule has 1 N–H and O–H groups in total. The van der Waals surface area contributed by atoms with Crippen LogP contribution in [0.25, 0.3) is 0 Å². The topological polar surface area (TPSA) is 58.6 Å². The highest BCUT2D eigenvalue weighted by Crippen LogP contribution is 2.21. The summed E-state index contributed by atoms with van der Waals surface area (Å²) < 4.78 is 19.3. The van der Waals surface area contributed by atoms with Gasteiger partial charge in [-0.1, -0.05) is 0 Å². The summed E-state index contributed by atoms with van der Waals surface area (Å²) in [6, 6.07) is 0.957. The molecule has 5 nitrogen and oxygen atoms in total. The van der Waals surface area contributed by atoms with Crippen molar-refractivity contribution in [3.05, 3.63) is 16.8 Å². The number of amides is 2. The van der Waals surface area contributed by atoms with Crippen molar-refractivity contribution in [2.45, 2.75) is 58.2 Å². The maximum Gasteiger partial charge on any atom is 0.410 e. The number of piperidine rings is 1. The molecule has 1 aliphatic heterocycles. The zero-order chi connectivity index (χ0) is 18.1. The maximum atomic E-state index is 13.6. The molecule has 0 aliphatic carbocycles. The molecule has 2 radical (unpaired) electrons. The molecule has 0 bridgehead atoms. The first kappa shape index (κ1) is 18.8. The predicted octanol–water partition coefficient (Wildman–Crippen LogP) is 2.20. The maximum absolute atomic E-state index is 13.6.